The molecule has 8 nitrogen and oxygen atoms in total. The van der Waals surface area contributed by atoms with E-state index in [0.29, 0.717) is 6.61 Å². The highest BCUT2D eigenvalue weighted by Gasteiger charge is 2.62. The van der Waals surface area contributed by atoms with Crippen LogP contribution in [0.3, 0.4) is 0 Å². The Bertz CT molecular complexity index is 1240. The van der Waals surface area contributed by atoms with Crippen molar-refractivity contribution in [1.29, 1.82) is 0 Å². The van der Waals surface area contributed by atoms with Crippen LogP contribution in [0.1, 0.15) is 36.5 Å². The van der Waals surface area contributed by atoms with Crippen molar-refractivity contribution in [3.63, 3.8) is 0 Å². The summed E-state index contributed by atoms with van der Waals surface area (Å²) in [5.74, 6) is -2.46. The zero-order valence-electron chi connectivity index (χ0n) is 22.5. The largest absolute Gasteiger partial charge is 0.453 e. The van der Waals surface area contributed by atoms with E-state index in [4.69, 9.17) is 28.4 Å². The second-order valence-electron chi connectivity index (χ2n) is 10.00. The highest BCUT2D eigenvalue weighted by molar-refractivity contribution is 5.72. The molecule has 1 spiro atoms. The molecule has 0 N–H and O–H groups in total. The highest BCUT2D eigenvalue weighted by Crippen LogP contribution is 2.43. The van der Waals surface area contributed by atoms with Crippen LogP contribution >= 0.6 is 0 Å². The molecule has 2 aliphatic heterocycles. The van der Waals surface area contributed by atoms with Crippen molar-refractivity contribution in [2.75, 3.05) is 6.61 Å². The van der Waals surface area contributed by atoms with Crippen LogP contribution in [0.2, 0.25) is 0 Å². The fourth-order valence-corrected chi connectivity index (χ4v) is 5.13. The molecule has 0 amide bonds. The summed E-state index contributed by atoms with van der Waals surface area (Å²) in [7, 11) is 0. The average molecular weight is 547 g/mol. The standard InChI is InChI=1S/C32H34O8/c1-23(33)38-31-30(37-21-26-15-9-4-10-16-26)29(36-20-25-13-7-3-8-14-25)27(39-32(31)18-17-28(34)40-32)22-35-19-24-11-5-2-6-12-24/h2-16,27,29-31H,17-22H2,1H3/t27-,29-,30+,31-,32-/m1/s1. The summed E-state index contributed by atoms with van der Waals surface area (Å²) in [5.41, 5.74) is 2.91. The SMILES string of the molecule is CC(=O)O[C@@H]1[C@@H](OCc2ccccc2)[C@H](OCc2ccccc2)[C@@H](COCc2ccccc2)O[C@@]12CCC(=O)O2. The van der Waals surface area contributed by atoms with E-state index < -0.39 is 42.1 Å². The van der Waals surface area contributed by atoms with Crippen molar-refractivity contribution >= 4 is 11.9 Å². The molecular formula is C32H34O8. The molecule has 3 aromatic carbocycles. The van der Waals surface area contributed by atoms with Crippen LogP contribution in [0.15, 0.2) is 91.0 Å². The summed E-state index contributed by atoms with van der Waals surface area (Å²) in [6.45, 7) is 2.33. The molecule has 2 saturated heterocycles. The van der Waals surface area contributed by atoms with Crippen LogP contribution in [0.4, 0.5) is 0 Å². The maximum absolute atomic E-state index is 12.4. The molecule has 2 heterocycles. The number of benzene rings is 3. The van der Waals surface area contributed by atoms with E-state index in [2.05, 4.69) is 0 Å². The molecule has 5 rings (SSSR count). The molecule has 0 aliphatic carbocycles. The first-order valence-corrected chi connectivity index (χ1v) is 13.5. The van der Waals surface area contributed by atoms with Crippen LogP contribution in [-0.4, -0.2) is 48.7 Å². The van der Waals surface area contributed by atoms with Crippen molar-refractivity contribution < 1.29 is 38.0 Å². The highest BCUT2D eigenvalue weighted by atomic mass is 16.8. The normalized spacial score (nSPS) is 26.0. The van der Waals surface area contributed by atoms with Gasteiger partial charge in [0.25, 0.3) is 5.79 Å². The fourth-order valence-electron chi connectivity index (χ4n) is 5.13. The van der Waals surface area contributed by atoms with Crippen molar-refractivity contribution in [3.8, 4) is 0 Å². The van der Waals surface area contributed by atoms with Gasteiger partial charge in [0.1, 0.15) is 18.3 Å². The Morgan fingerprint density at radius 1 is 0.800 bits per heavy atom. The molecule has 210 valence electrons. The lowest BCUT2D eigenvalue weighted by Gasteiger charge is -2.49. The van der Waals surface area contributed by atoms with Gasteiger partial charge >= 0.3 is 11.9 Å². The molecule has 0 unspecified atom stereocenters. The van der Waals surface area contributed by atoms with Gasteiger partial charge in [-0.2, -0.15) is 0 Å². The van der Waals surface area contributed by atoms with E-state index in [9.17, 15) is 9.59 Å². The molecule has 0 aromatic heterocycles. The van der Waals surface area contributed by atoms with Gasteiger partial charge in [0, 0.05) is 13.3 Å². The van der Waals surface area contributed by atoms with Crippen molar-refractivity contribution in [1.82, 2.24) is 0 Å². The number of hydrogen-bond acceptors (Lipinski definition) is 8. The Kier molecular flexibility index (Phi) is 9.23. The Balaban J connectivity index is 1.45. The topological polar surface area (TPSA) is 89.5 Å². The van der Waals surface area contributed by atoms with Gasteiger partial charge in [-0.3, -0.25) is 9.59 Å². The Hall–Kier alpha value is -3.56. The van der Waals surface area contributed by atoms with Crippen LogP contribution in [0.25, 0.3) is 0 Å². The van der Waals surface area contributed by atoms with E-state index in [1.165, 1.54) is 6.92 Å². The lowest BCUT2D eigenvalue weighted by Crippen LogP contribution is -2.67. The van der Waals surface area contributed by atoms with Crippen LogP contribution in [0, 0.1) is 0 Å². The van der Waals surface area contributed by atoms with E-state index in [1.54, 1.807) is 0 Å². The first-order valence-electron chi connectivity index (χ1n) is 13.5. The van der Waals surface area contributed by atoms with Crippen LogP contribution < -0.4 is 0 Å². The van der Waals surface area contributed by atoms with Crippen LogP contribution in [0.5, 0.6) is 0 Å². The maximum Gasteiger partial charge on any atom is 0.308 e. The molecule has 2 fully saturated rings. The third-order valence-electron chi connectivity index (χ3n) is 6.99. The predicted molar refractivity (Wildman–Crippen MR) is 145 cm³/mol. The number of carbonyl (C=O) groups is 2. The number of ether oxygens (including phenoxy) is 6. The first kappa shape index (κ1) is 28.0. The van der Waals surface area contributed by atoms with Gasteiger partial charge in [-0.25, -0.2) is 0 Å². The lowest BCUT2D eigenvalue weighted by molar-refractivity contribution is -0.356. The third-order valence-corrected chi connectivity index (χ3v) is 6.99. The summed E-state index contributed by atoms with van der Waals surface area (Å²) < 4.78 is 37.1. The third kappa shape index (κ3) is 6.95. The second-order valence-corrected chi connectivity index (χ2v) is 10.00. The Labute approximate surface area is 234 Å². The van der Waals surface area contributed by atoms with Gasteiger partial charge in [0.15, 0.2) is 6.10 Å². The van der Waals surface area contributed by atoms with Gasteiger partial charge in [0.2, 0.25) is 0 Å². The molecule has 0 bridgehead atoms. The quantitative estimate of drug-likeness (QED) is 0.319. The van der Waals surface area contributed by atoms with E-state index >= 15 is 0 Å². The minimum absolute atomic E-state index is 0.135. The van der Waals surface area contributed by atoms with Gasteiger partial charge in [-0.05, 0) is 16.7 Å². The zero-order valence-corrected chi connectivity index (χ0v) is 22.5. The van der Waals surface area contributed by atoms with Crippen molar-refractivity contribution in [3.05, 3.63) is 108 Å². The average Bonchev–Trinajstić information content (AvgIpc) is 3.35. The molecule has 2 aliphatic rings. The van der Waals surface area contributed by atoms with E-state index in [1.807, 2.05) is 91.0 Å². The van der Waals surface area contributed by atoms with Crippen molar-refractivity contribution in [2.24, 2.45) is 0 Å². The molecule has 40 heavy (non-hydrogen) atoms. The summed E-state index contributed by atoms with van der Waals surface area (Å²) >= 11 is 0. The molecule has 5 atom stereocenters. The van der Waals surface area contributed by atoms with Gasteiger partial charge < -0.3 is 28.4 Å². The van der Waals surface area contributed by atoms with E-state index in [-0.39, 0.29) is 32.7 Å². The molecule has 0 radical (unpaired) electrons. The number of carbonyl (C=O) groups excluding carboxylic acids is 2. The van der Waals surface area contributed by atoms with E-state index in [0.717, 1.165) is 16.7 Å². The Morgan fingerprint density at radius 3 is 1.82 bits per heavy atom. The fraction of sp³-hybridized carbons (Fsp3) is 0.375. The van der Waals surface area contributed by atoms with Gasteiger partial charge in [-0.1, -0.05) is 91.0 Å². The molecular weight excluding hydrogens is 512 g/mol. The summed E-state index contributed by atoms with van der Waals surface area (Å²) in [5, 5.41) is 0. The van der Waals surface area contributed by atoms with Crippen LogP contribution in [-0.2, 0) is 57.8 Å². The molecule has 3 aromatic rings. The lowest BCUT2D eigenvalue weighted by atomic mass is 9.90. The second kappa shape index (κ2) is 13.2. The minimum Gasteiger partial charge on any atom is -0.453 e. The number of hydrogen-bond donors (Lipinski definition) is 0. The number of rotatable bonds is 11. The summed E-state index contributed by atoms with van der Waals surface area (Å²) in [6.07, 6.45) is -2.87. The Morgan fingerprint density at radius 2 is 1.32 bits per heavy atom. The molecule has 0 saturated carbocycles. The first-order chi connectivity index (χ1) is 19.5. The van der Waals surface area contributed by atoms with Crippen molar-refractivity contribution in [2.45, 2.75) is 69.8 Å². The predicted octanol–water partition coefficient (Wildman–Crippen LogP) is 4.74. The van der Waals surface area contributed by atoms with Gasteiger partial charge in [-0.15, -0.1) is 0 Å². The summed E-state index contributed by atoms with van der Waals surface area (Å²) in [6, 6.07) is 29.2. The summed E-state index contributed by atoms with van der Waals surface area (Å²) in [4.78, 5) is 24.7. The maximum atomic E-state index is 12.4. The number of esters is 2. The smallest absolute Gasteiger partial charge is 0.308 e. The monoisotopic (exact) mass is 546 g/mol. The minimum atomic E-state index is -1.50. The van der Waals surface area contributed by atoms with Gasteiger partial charge in [0.05, 0.1) is 32.8 Å². The molecule has 8 heteroatoms. The zero-order chi connectivity index (χ0) is 27.8.